The van der Waals surface area contributed by atoms with E-state index in [0.29, 0.717) is 12.5 Å². The van der Waals surface area contributed by atoms with Gasteiger partial charge in [-0.2, -0.15) is 0 Å². The molecule has 0 saturated heterocycles. The Bertz CT molecular complexity index is 906. The van der Waals surface area contributed by atoms with E-state index in [4.69, 9.17) is 0 Å². The third-order valence-corrected chi connectivity index (χ3v) is 5.62. The molecule has 0 bridgehead atoms. The number of thioether (sulfide) groups is 1. The molecule has 3 aromatic rings. The minimum atomic E-state index is -0.257. The molecule has 1 heterocycles. The number of aromatic nitrogens is 3. The Balaban J connectivity index is 1.48. The minimum absolute atomic E-state index is 0.000522. The number of amides is 1. The van der Waals surface area contributed by atoms with Crippen LogP contribution in [0, 0.1) is 0 Å². The summed E-state index contributed by atoms with van der Waals surface area (Å²) in [5.41, 5.74) is 2.13. The number of carbonyl (C=O) groups excluding carboxylic acids is 1. The van der Waals surface area contributed by atoms with E-state index in [9.17, 15) is 4.79 Å². The molecule has 2 aromatic carbocycles. The molecule has 1 amide bonds. The van der Waals surface area contributed by atoms with E-state index in [0.717, 1.165) is 35.1 Å². The van der Waals surface area contributed by atoms with Crippen molar-refractivity contribution in [3.8, 4) is 5.69 Å². The van der Waals surface area contributed by atoms with Crippen LogP contribution in [0.1, 0.15) is 37.1 Å². The van der Waals surface area contributed by atoms with E-state index >= 15 is 0 Å². The monoisotopic (exact) mass is 378 g/mol. The SMILES string of the molecule is CC(Sc1nnc(C2CC2)n1-c1ccccc1)C(=O)NCc1ccccc1. The van der Waals surface area contributed by atoms with Gasteiger partial charge in [0, 0.05) is 18.2 Å². The Morgan fingerprint density at radius 3 is 2.44 bits per heavy atom. The second kappa shape index (κ2) is 7.96. The Labute approximate surface area is 163 Å². The molecule has 0 spiro atoms. The number of nitrogens with zero attached hydrogens (tertiary/aromatic N) is 3. The zero-order valence-electron chi connectivity index (χ0n) is 15.2. The Hall–Kier alpha value is -2.60. The van der Waals surface area contributed by atoms with Crippen molar-refractivity contribution in [2.24, 2.45) is 0 Å². The van der Waals surface area contributed by atoms with Crippen molar-refractivity contribution in [3.63, 3.8) is 0 Å². The quantitative estimate of drug-likeness (QED) is 0.633. The van der Waals surface area contributed by atoms with E-state index < -0.39 is 0 Å². The van der Waals surface area contributed by atoms with Gasteiger partial charge in [-0.3, -0.25) is 9.36 Å². The summed E-state index contributed by atoms with van der Waals surface area (Å²) in [7, 11) is 0. The lowest BCUT2D eigenvalue weighted by atomic mass is 10.2. The number of para-hydroxylation sites is 1. The Kier molecular flexibility index (Phi) is 5.25. The minimum Gasteiger partial charge on any atom is -0.351 e. The van der Waals surface area contributed by atoms with Gasteiger partial charge in [0.15, 0.2) is 5.16 Å². The van der Waals surface area contributed by atoms with Gasteiger partial charge in [-0.25, -0.2) is 0 Å². The number of hydrogen-bond donors (Lipinski definition) is 1. The molecule has 1 fully saturated rings. The van der Waals surface area contributed by atoms with Crippen molar-refractivity contribution in [2.45, 2.75) is 42.6 Å². The summed E-state index contributed by atoms with van der Waals surface area (Å²) >= 11 is 1.45. The number of carbonyl (C=O) groups is 1. The van der Waals surface area contributed by atoms with Crippen LogP contribution in [-0.2, 0) is 11.3 Å². The smallest absolute Gasteiger partial charge is 0.233 e. The molecule has 1 atom stereocenters. The van der Waals surface area contributed by atoms with Crippen LogP contribution in [0.15, 0.2) is 65.8 Å². The van der Waals surface area contributed by atoms with Crippen molar-refractivity contribution in [1.82, 2.24) is 20.1 Å². The fourth-order valence-corrected chi connectivity index (χ4v) is 3.82. The summed E-state index contributed by atoms with van der Waals surface area (Å²) < 4.78 is 2.10. The van der Waals surface area contributed by atoms with Crippen LogP contribution in [0.3, 0.4) is 0 Å². The molecule has 1 saturated carbocycles. The van der Waals surface area contributed by atoms with Crippen molar-refractivity contribution in [1.29, 1.82) is 0 Å². The molecule has 0 radical (unpaired) electrons. The predicted molar refractivity (Wildman–Crippen MR) is 107 cm³/mol. The molecule has 1 N–H and O–H groups in total. The van der Waals surface area contributed by atoms with Gasteiger partial charge in [-0.1, -0.05) is 60.3 Å². The predicted octanol–water partition coefficient (Wildman–Crippen LogP) is 3.94. The molecule has 138 valence electrons. The first-order chi connectivity index (χ1) is 13.2. The number of hydrogen-bond acceptors (Lipinski definition) is 4. The Morgan fingerprint density at radius 1 is 1.11 bits per heavy atom. The summed E-state index contributed by atoms with van der Waals surface area (Å²) in [6, 6.07) is 20.1. The maximum Gasteiger partial charge on any atom is 0.233 e. The number of nitrogens with one attached hydrogen (secondary N) is 1. The molecular formula is C21H22N4OS. The second-order valence-electron chi connectivity index (χ2n) is 6.75. The number of benzene rings is 2. The number of rotatable bonds is 7. The molecule has 5 nitrogen and oxygen atoms in total. The van der Waals surface area contributed by atoms with Crippen LogP contribution in [0.4, 0.5) is 0 Å². The molecular weight excluding hydrogens is 356 g/mol. The van der Waals surface area contributed by atoms with Crippen LogP contribution in [-0.4, -0.2) is 25.9 Å². The van der Waals surface area contributed by atoms with Crippen LogP contribution < -0.4 is 5.32 Å². The molecule has 6 heteroatoms. The van der Waals surface area contributed by atoms with Crippen molar-refractivity contribution < 1.29 is 4.79 Å². The lowest BCUT2D eigenvalue weighted by molar-refractivity contribution is -0.120. The maximum absolute atomic E-state index is 12.5. The third kappa shape index (κ3) is 4.22. The molecule has 1 aliphatic rings. The molecule has 4 rings (SSSR count). The zero-order valence-corrected chi connectivity index (χ0v) is 16.0. The van der Waals surface area contributed by atoms with E-state index in [-0.39, 0.29) is 11.2 Å². The summed E-state index contributed by atoms with van der Waals surface area (Å²) in [6.45, 7) is 2.44. The molecule has 1 aromatic heterocycles. The highest BCUT2D eigenvalue weighted by molar-refractivity contribution is 8.00. The van der Waals surface area contributed by atoms with Crippen molar-refractivity contribution >= 4 is 17.7 Å². The van der Waals surface area contributed by atoms with Crippen molar-refractivity contribution in [3.05, 3.63) is 72.1 Å². The second-order valence-corrected chi connectivity index (χ2v) is 8.06. The highest BCUT2D eigenvalue weighted by Crippen LogP contribution is 2.41. The van der Waals surface area contributed by atoms with Crippen LogP contribution >= 0.6 is 11.8 Å². The average molecular weight is 379 g/mol. The van der Waals surface area contributed by atoms with Gasteiger partial charge < -0.3 is 5.32 Å². The molecule has 1 aliphatic carbocycles. The van der Waals surface area contributed by atoms with Crippen LogP contribution in [0.5, 0.6) is 0 Å². The van der Waals surface area contributed by atoms with E-state index in [2.05, 4.69) is 32.2 Å². The summed E-state index contributed by atoms with van der Waals surface area (Å²) in [5, 5.41) is 12.3. The van der Waals surface area contributed by atoms with Gasteiger partial charge >= 0.3 is 0 Å². The molecule has 27 heavy (non-hydrogen) atoms. The lowest BCUT2D eigenvalue weighted by Gasteiger charge is -2.14. The van der Waals surface area contributed by atoms with E-state index in [1.54, 1.807) is 0 Å². The average Bonchev–Trinajstić information content (AvgIpc) is 3.48. The van der Waals surface area contributed by atoms with Crippen molar-refractivity contribution in [2.75, 3.05) is 0 Å². The molecule has 1 unspecified atom stereocenters. The fraction of sp³-hybridized carbons (Fsp3) is 0.286. The first-order valence-electron chi connectivity index (χ1n) is 9.21. The maximum atomic E-state index is 12.5. The zero-order chi connectivity index (χ0) is 18.6. The summed E-state index contributed by atoms with van der Waals surface area (Å²) in [6.07, 6.45) is 2.31. The highest BCUT2D eigenvalue weighted by Gasteiger charge is 2.31. The molecule has 0 aliphatic heterocycles. The largest absolute Gasteiger partial charge is 0.351 e. The first kappa shape index (κ1) is 17.8. The highest BCUT2D eigenvalue weighted by atomic mass is 32.2. The Morgan fingerprint density at radius 2 is 1.78 bits per heavy atom. The van der Waals surface area contributed by atoms with Gasteiger partial charge in [-0.15, -0.1) is 10.2 Å². The first-order valence-corrected chi connectivity index (χ1v) is 10.1. The van der Waals surface area contributed by atoms with Crippen LogP contribution in [0.2, 0.25) is 0 Å². The van der Waals surface area contributed by atoms with Gasteiger partial charge in [0.1, 0.15) is 5.82 Å². The summed E-state index contributed by atoms with van der Waals surface area (Å²) in [5.74, 6) is 1.48. The topological polar surface area (TPSA) is 59.8 Å². The summed E-state index contributed by atoms with van der Waals surface area (Å²) in [4.78, 5) is 12.5. The van der Waals surface area contributed by atoms with Gasteiger partial charge in [0.2, 0.25) is 5.91 Å². The van der Waals surface area contributed by atoms with E-state index in [1.807, 2.05) is 55.5 Å². The van der Waals surface area contributed by atoms with E-state index in [1.165, 1.54) is 11.8 Å². The van der Waals surface area contributed by atoms with Gasteiger partial charge in [-0.05, 0) is 37.5 Å². The lowest BCUT2D eigenvalue weighted by Crippen LogP contribution is -2.30. The fourth-order valence-electron chi connectivity index (χ4n) is 2.92. The van der Waals surface area contributed by atoms with Gasteiger partial charge in [0.25, 0.3) is 0 Å². The standard InChI is InChI=1S/C21H22N4OS/c1-15(20(26)22-14-16-8-4-2-5-9-16)27-21-24-23-19(17-12-13-17)25(21)18-10-6-3-7-11-18/h2-11,15,17H,12-14H2,1H3,(H,22,26). The third-order valence-electron chi connectivity index (χ3n) is 4.58. The normalized spacial score (nSPS) is 14.7. The van der Waals surface area contributed by atoms with Crippen LogP contribution in [0.25, 0.3) is 5.69 Å². The van der Waals surface area contributed by atoms with Gasteiger partial charge in [0.05, 0.1) is 5.25 Å².